The van der Waals surface area contributed by atoms with Gasteiger partial charge < -0.3 is 19.7 Å². The van der Waals surface area contributed by atoms with Gasteiger partial charge in [-0.15, -0.1) is 0 Å². The fourth-order valence-electron chi connectivity index (χ4n) is 2.64. The highest BCUT2D eigenvalue weighted by Gasteiger charge is 2.14. The molecule has 0 atom stereocenters. The average Bonchev–Trinajstić information content (AvgIpc) is 2.62. The Hall–Kier alpha value is -2.65. The van der Waals surface area contributed by atoms with E-state index in [0.29, 0.717) is 18.9 Å². The molecule has 1 saturated heterocycles. The van der Waals surface area contributed by atoms with Crippen molar-refractivity contribution in [2.24, 2.45) is 0 Å². The van der Waals surface area contributed by atoms with Crippen molar-refractivity contribution in [1.82, 2.24) is 10.2 Å². The number of morpholine rings is 1. The van der Waals surface area contributed by atoms with Gasteiger partial charge >= 0.3 is 6.09 Å². The van der Waals surface area contributed by atoms with Gasteiger partial charge in [-0.2, -0.15) is 0 Å². The Kier molecular flexibility index (Phi) is 8.02. The van der Waals surface area contributed by atoms with Gasteiger partial charge in [0.2, 0.25) is 11.8 Å². The molecule has 148 valence electrons. The zero-order valence-electron chi connectivity index (χ0n) is 15.7. The van der Waals surface area contributed by atoms with Crippen LogP contribution < -0.4 is 15.5 Å². The van der Waals surface area contributed by atoms with Crippen LogP contribution in [0.5, 0.6) is 0 Å². The highest BCUT2D eigenvalue weighted by molar-refractivity contribution is 5.94. The Morgan fingerprint density at radius 3 is 2.37 bits per heavy atom. The third-order valence-electron chi connectivity index (χ3n) is 3.87. The Balaban J connectivity index is 1.75. The van der Waals surface area contributed by atoms with E-state index < -0.39 is 12.0 Å². The smallest absolute Gasteiger partial charge is 0.413 e. The minimum Gasteiger partial charge on any atom is -0.450 e. The molecule has 1 heterocycles. The number of alkyl carbamates (subject to hydrolysis) is 1. The van der Waals surface area contributed by atoms with Gasteiger partial charge in [0.1, 0.15) is 0 Å². The van der Waals surface area contributed by atoms with Gasteiger partial charge in [0, 0.05) is 24.5 Å². The monoisotopic (exact) mass is 378 g/mol. The molecule has 2 rings (SSSR count). The molecule has 1 aliphatic rings. The number of nitrogens with one attached hydrogen (secondary N) is 2. The third-order valence-corrected chi connectivity index (χ3v) is 3.87. The predicted molar refractivity (Wildman–Crippen MR) is 101 cm³/mol. The fourth-order valence-corrected chi connectivity index (χ4v) is 2.64. The van der Waals surface area contributed by atoms with Crippen LogP contribution in [0, 0.1) is 0 Å². The van der Waals surface area contributed by atoms with Gasteiger partial charge in [0.25, 0.3) is 0 Å². The first-order valence-electron chi connectivity index (χ1n) is 8.85. The molecule has 0 aliphatic carbocycles. The zero-order valence-corrected chi connectivity index (χ0v) is 15.7. The Labute approximate surface area is 158 Å². The molecule has 1 aliphatic heterocycles. The second kappa shape index (κ2) is 10.5. The summed E-state index contributed by atoms with van der Waals surface area (Å²) in [6.45, 7) is 4.89. The lowest BCUT2D eigenvalue weighted by atomic mass is 10.2. The molecule has 1 aromatic carbocycles. The molecule has 1 aromatic rings. The van der Waals surface area contributed by atoms with Crippen molar-refractivity contribution >= 4 is 29.3 Å². The summed E-state index contributed by atoms with van der Waals surface area (Å²) in [7, 11) is 1.62. The largest absolute Gasteiger partial charge is 0.450 e. The Morgan fingerprint density at radius 2 is 1.74 bits per heavy atom. The van der Waals surface area contributed by atoms with Crippen LogP contribution in [0.2, 0.25) is 0 Å². The van der Waals surface area contributed by atoms with Gasteiger partial charge in [-0.3, -0.25) is 19.8 Å². The highest BCUT2D eigenvalue weighted by atomic mass is 16.5. The topological polar surface area (TPSA) is 100 Å². The van der Waals surface area contributed by atoms with Crippen LogP contribution in [0.15, 0.2) is 24.3 Å². The van der Waals surface area contributed by atoms with E-state index in [1.165, 1.54) is 4.90 Å². The summed E-state index contributed by atoms with van der Waals surface area (Å²) in [6.07, 6.45) is -0.791. The molecular formula is C18H26N4O5. The quantitative estimate of drug-likeness (QED) is 0.719. The number of amides is 3. The lowest BCUT2D eigenvalue weighted by Gasteiger charge is -2.28. The number of imide groups is 1. The third kappa shape index (κ3) is 7.24. The zero-order chi connectivity index (χ0) is 19.6. The number of anilines is 2. The second-order valence-corrected chi connectivity index (χ2v) is 6.14. The van der Waals surface area contributed by atoms with Crippen molar-refractivity contribution in [1.29, 1.82) is 0 Å². The minimum absolute atomic E-state index is 0.0153. The van der Waals surface area contributed by atoms with Crippen LogP contribution in [0.3, 0.4) is 0 Å². The van der Waals surface area contributed by atoms with Crippen molar-refractivity contribution < 1.29 is 23.9 Å². The van der Waals surface area contributed by atoms with E-state index in [9.17, 15) is 14.4 Å². The van der Waals surface area contributed by atoms with Crippen LogP contribution in [0.25, 0.3) is 0 Å². The maximum Gasteiger partial charge on any atom is 0.413 e. The Morgan fingerprint density at radius 1 is 1.11 bits per heavy atom. The number of hydrogen-bond acceptors (Lipinski definition) is 7. The lowest BCUT2D eigenvalue weighted by molar-refractivity contribution is -0.122. The van der Waals surface area contributed by atoms with Gasteiger partial charge in [-0.05, 0) is 38.2 Å². The van der Waals surface area contributed by atoms with Crippen molar-refractivity contribution in [3.8, 4) is 0 Å². The van der Waals surface area contributed by atoms with Crippen LogP contribution >= 0.6 is 0 Å². The van der Waals surface area contributed by atoms with Crippen LogP contribution in [-0.4, -0.2) is 75.9 Å². The molecule has 3 amide bonds. The molecule has 0 aromatic heterocycles. The normalized spacial score (nSPS) is 14.0. The maximum absolute atomic E-state index is 12.1. The van der Waals surface area contributed by atoms with Crippen LogP contribution in [-0.2, 0) is 19.1 Å². The standard InChI is InChI=1S/C18H26N4O5/c1-3-27-18(25)20-17(24)13-21(2)12-16(23)19-14-4-6-15(7-5-14)22-8-10-26-11-9-22/h4-7H,3,8-13H2,1-2H3,(H,19,23)(H,20,24,25). The first kappa shape index (κ1) is 20.7. The SMILES string of the molecule is CCOC(=O)NC(=O)CN(C)CC(=O)Nc1ccc(N2CCOCC2)cc1. The number of hydrogen-bond donors (Lipinski definition) is 2. The van der Waals surface area contributed by atoms with Gasteiger partial charge in [0.15, 0.2) is 0 Å². The van der Waals surface area contributed by atoms with E-state index in [2.05, 4.69) is 20.3 Å². The molecule has 0 spiro atoms. The summed E-state index contributed by atoms with van der Waals surface area (Å²) in [6, 6.07) is 7.60. The minimum atomic E-state index is -0.791. The summed E-state index contributed by atoms with van der Waals surface area (Å²) in [5.74, 6) is -0.779. The predicted octanol–water partition coefficient (Wildman–Crippen LogP) is 0.666. The van der Waals surface area contributed by atoms with Gasteiger partial charge in [-0.1, -0.05) is 0 Å². The molecule has 0 bridgehead atoms. The number of carbonyl (C=O) groups is 3. The molecule has 27 heavy (non-hydrogen) atoms. The number of rotatable bonds is 7. The molecule has 2 N–H and O–H groups in total. The van der Waals surface area contributed by atoms with Crippen molar-refractivity contribution in [2.75, 3.05) is 63.3 Å². The molecule has 9 nitrogen and oxygen atoms in total. The van der Waals surface area contributed by atoms with Gasteiger partial charge in [-0.25, -0.2) is 4.79 Å². The van der Waals surface area contributed by atoms with E-state index in [4.69, 9.17) is 4.74 Å². The summed E-state index contributed by atoms with van der Waals surface area (Å²) < 4.78 is 9.97. The van der Waals surface area contributed by atoms with Crippen molar-refractivity contribution in [2.45, 2.75) is 6.92 Å². The van der Waals surface area contributed by atoms with Crippen molar-refractivity contribution in [3.05, 3.63) is 24.3 Å². The number of ether oxygens (including phenoxy) is 2. The summed E-state index contributed by atoms with van der Waals surface area (Å²) in [5, 5.41) is 4.88. The molecule has 9 heteroatoms. The summed E-state index contributed by atoms with van der Waals surface area (Å²) in [5.41, 5.74) is 1.77. The summed E-state index contributed by atoms with van der Waals surface area (Å²) in [4.78, 5) is 38.7. The van der Waals surface area contributed by atoms with Crippen LogP contribution in [0.4, 0.5) is 16.2 Å². The Bertz CT molecular complexity index is 644. The van der Waals surface area contributed by atoms with Crippen LogP contribution in [0.1, 0.15) is 6.92 Å². The van der Waals surface area contributed by atoms with E-state index in [-0.39, 0.29) is 25.6 Å². The molecule has 0 radical (unpaired) electrons. The number of carbonyl (C=O) groups excluding carboxylic acids is 3. The molecule has 0 unspecified atom stereocenters. The van der Waals surface area contributed by atoms with E-state index in [0.717, 1.165) is 18.8 Å². The molecule has 0 saturated carbocycles. The fraction of sp³-hybridized carbons (Fsp3) is 0.500. The average molecular weight is 378 g/mol. The molecule has 1 fully saturated rings. The number of benzene rings is 1. The lowest BCUT2D eigenvalue weighted by Crippen LogP contribution is -2.41. The summed E-state index contributed by atoms with van der Waals surface area (Å²) >= 11 is 0. The van der Waals surface area contributed by atoms with E-state index in [1.807, 2.05) is 24.3 Å². The maximum atomic E-state index is 12.1. The highest BCUT2D eigenvalue weighted by Crippen LogP contribution is 2.18. The number of likely N-dealkylation sites (N-methyl/N-ethyl adjacent to an activating group) is 1. The molecular weight excluding hydrogens is 352 g/mol. The van der Waals surface area contributed by atoms with E-state index in [1.54, 1.807) is 14.0 Å². The van der Waals surface area contributed by atoms with Gasteiger partial charge in [0.05, 0.1) is 32.9 Å². The first-order valence-corrected chi connectivity index (χ1v) is 8.85. The second-order valence-electron chi connectivity index (χ2n) is 6.14. The van der Waals surface area contributed by atoms with Crippen molar-refractivity contribution in [3.63, 3.8) is 0 Å². The number of nitrogens with zero attached hydrogens (tertiary/aromatic N) is 2. The first-order chi connectivity index (χ1) is 13.0. The van der Waals surface area contributed by atoms with E-state index >= 15 is 0 Å².